The fraction of sp³-hybridized carbons (Fsp3) is 0.375. The lowest BCUT2D eigenvalue weighted by Gasteiger charge is -2.12. The van der Waals surface area contributed by atoms with Gasteiger partial charge in [0.05, 0.1) is 11.3 Å². The smallest absolute Gasteiger partial charge is 0.334 e. The van der Waals surface area contributed by atoms with Crippen molar-refractivity contribution in [2.45, 2.75) is 33.0 Å². The third-order valence-electron chi connectivity index (χ3n) is 3.76. The molecule has 136 valence electrons. The number of carbonyl (C=O) groups excluding carboxylic acids is 1. The van der Waals surface area contributed by atoms with E-state index in [1.807, 2.05) is 6.92 Å². The van der Waals surface area contributed by atoms with Crippen molar-refractivity contribution in [3.8, 4) is 0 Å². The standard InChI is InChI=1S/C16H18F4N4O/c1-4-13-9(2)14(24(3)23-13)22-15(25)21-8-10-7-11(16(18,19)20)5-6-12(10)17/h5-7H,4,8H2,1-3H3,(H2,21,22,25). The topological polar surface area (TPSA) is 59.0 Å². The van der Waals surface area contributed by atoms with E-state index in [4.69, 9.17) is 0 Å². The van der Waals surface area contributed by atoms with Gasteiger partial charge in [-0.25, -0.2) is 9.18 Å². The van der Waals surface area contributed by atoms with E-state index in [0.717, 1.165) is 17.3 Å². The van der Waals surface area contributed by atoms with Gasteiger partial charge in [-0.2, -0.15) is 18.3 Å². The molecule has 0 unspecified atom stereocenters. The van der Waals surface area contributed by atoms with Crippen molar-refractivity contribution in [1.82, 2.24) is 15.1 Å². The Balaban J connectivity index is 2.07. The van der Waals surface area contributed by atoms with Crippen LogP contribution in [0.4, 0.5) is 28.2 Å². The third-order valence-corrected chi connectivity index (χ3v) is 3.76. The molecule has 0 bridgehead atoms. The second kappa shape index (κ2) is 7.12. The van der Waals surface area contributed by atoms with Crippen LogP contribution in [-0.4, -0.2) is 15.8 Å². The highest BCUT2D eigenvalue weighted by atomic mass is 19.4. The molecule has 0 saturated carbocycles. The van der Waals surface area contributed by atoms with Crippen LogP contribution in [0.15, 0.2) is 18.2 Å². The molecule has 0 aliphatic rings. The van der Waals surface area contributed by atoms with Crippen LogP contribution in [-0.2, 0) is 26.2 Å². The first-order chi connectivity index (χ1) is 11.6. The van der Waals surface area contributed by atoms with Crippen molar-refractivity contribution in [2.75, 3.05) is 5.32 Å². The Morgan fingerprint density at radius 1 is 1.32 bits per heavy atom. The number of anilines is 1. The summed E-state index contributed by atoms with van der Waals surface area (Å²) in [4.78, 5) is 12.0. The normalized spacial score (nSPS) is 11.5. The highest BCUT2D eigenvalue weighted by Gasteiger charge is 2.31. The number of carbonyl (C=O) groups is 1. The number of alkyl halides is 3. The maximum atomic E-state index is 13.7. The van der Waals surface area contributed by atoms with E-state index in [1.54, 1.807) is 14.0 Å². The Morgan fingerprint density at radius 3 is 2.56 bits per heavy atom. The molecule has 9 heteroatoms. The van der Waals surface area contributed by atoms with Crippen LogP contribution >= 0.6 is 0 Å². The number of aryl methyl sites for hydroxylation is 2. The maximum Gasteiger partial charge on any atom is 0.416 e. The van der Waals surface area contributed by atoms with Gasteiger partial charge in [0, 0.05) is 24.7 Å². The molecule has 0 spiro atoms. The number of benzene rings is 1. The molecular weight excluding hydrogens is 340 g/mol. The summed E-state index contributed by atoms with van der Waals surface area (Å²) in [5, 5.41) is 9.17. The summed E-state index contributed by atoms with van der Waals surface area (Å²) in [6, 6.07) is 1.41. The lowest BCUT2D eigenvalue weighted by Crippen LogP contribution is -2.29. The molecule has 0 fully saturated rings. The number of hydrogen-bond acceptors (Lipinski definition) is 2. The molecule has 25 heavy (non-hydrogen) atoms. The molecule has 1 heterocycles. The molecule has 2 amide bonds. The van der Waals surface area contributed by atoms with Crippen molar-refractivity contribution < 1.29 is 22.4 Å². The largest absolute Gasteiger partial charge is 0.416 e. The summed E-state index contributed by atoms with van der Waals surface area (Å²) in [6.45, 7) is 3.35. The zero-order chi connectivity index (χ0) is 18.8. The SMILES string of the molecule is CCc1nn(C)c(NC(=O)NCc2cc(C(F)(F)F)ccc2F)c1C. The van der Waals surface area contributed by atoms with E-state index >= 15 is 0 Å². The van der Waals surface area contributed by atoms with Gasteiger partial charge in [0.1, 0.15) is 11.6 Å². The zero-order valence-corrected chi connectivity index (χ0v) is 14.0. The molecular formula is C16H18F4N4O. The average molecular weight is 358 g/mol. The third kappa shape index (κ3) is 4.28. The minimum Gasteiger partial charge on any atom is -0.334 e. The molecule has 0 aliphatic heterocycles. The molecule has 5 nitrogen and oxygen atoms in total. The second-order valence-corrected chi connectivity index (χ2v) is 5.51. The van der Waals surface area contributed by atoms with E-state index < -0.39 is 23.6 Å². The van der Waals surface area contributed by atoms with E-state index in [2.05, 4.69) is 15.7 Å². The summed E-state index contributed by atoms with van der Waals surface area (Å²) in [6.07, 6.45) is -3.88. The molecule has 0 aliphatic carbocycles. The van der Waals surface area contributed by atoms with Gasteiger partial charge in [-0.05, 0) is 31.5 Å². The maximum absolute atomic E-state index is 13.7. The van der Waals surface area contributed by atoms with E-state index in [1.165, 1.54) is 4.68 Å². The van der Waals surface area contributed by atoms with Crippen LogP contribution in [0, 0.1) is 12.7 Å². The van der Waals surface area contributed by atoms with Crippen molar-refractivity contribution in [3.63, 3.8) is 0 Å². The van der Waals surface area contributed by atoms with Crippen molar-refractivity contribution >= 4 is 11.8 Å². The predicted octanol–water partition coefficient (Wildman–Crippen LogP) is 3.77. The number of nitrogens with one attached hydrogen (secondary N) is 2. The molecule has 0 atom stereocenters. The summed E-state index contributed by atoms with van der Waals surface area (Å²) >= 11 is 0. The summed E-state index contributed by atoms with van der Waals surface area (Å²) in [5.74, 6) is -0.350. The Morgan fingerprint density at radius 2 is 2.00 bits per heavy atom. The monoisotopic (exact) mass is 358 g/mol. The lowest BCUT2D eigenvalue weighted by atomic mass is 10.1. The fourth-order valence-electron chi connectivity index (χ4n) is 2.41. The van der Waals surface area contributed by atoms with Gasteiger partial charge >= 0.3 is 12.2 Å². The zero-order valence-electron chi connectivity index (χ0n) is 14.0. The lowest BCUT2D eigenvalue weighted by molar-refractivity contribution is -0.137. The first-order valence-corrected chi connectivity index (χ1v) is 7.56. The second-order valence-electron chi connectivity index (χ2n) is 5.51. The fourth-order valence-corrected chi connectivity index (χ4v) is 2.41. The molecule has 0 radical (unpaired) electrons. The van der Waals surface area contributed by atoms with Crippen LogP contribution in [0.2, 0.25) is 0 Å². The van der Waals surface area contributed by atoms with Crippen LogP contribution in [0.1, 0.15) is 29.3 Å². The first kappa shape index (κ1) is 18.8. The summed E-state index contributed by atoms with van der Waals surface area (Å²) < 4.78 is 53.2. The van der Waals surface area contributed by atoms with Gasteiger partial charge in [-0.15, -0.1) is 0 Å². The minimum absolute atomic E-state index is 0.249. The van der Waals surface area contributed by atoms with Gasteiger partial charge in [0.25, 0.3) is 0 Å². The van der Waals surface area contributed by atoms with Crippen molar-refractivity contribution in [3.05, 3.63) is 46.4 Å². The number of amides is 2. The van der Waals surface area contributed by atoms with Crippen LogP contribution in [0.25, 0.3) is 0 Å². The van der Waals surface area contributed by atoms with Crippen LogP contribution in [0.5, 0.6) is 0 Å². The highest BCUT2D eigenvalue weighted by Crippen LogP contribution is 2.30. The van der Waals surface area contributed by atoms with E-state index in [9.17, 15) is 22.4 Å². The Kier molecular flexibility index (Phi) is 5.34. The predicted molar refractivity (Wildman–Crippen MR) is 84.6 cm³/mol. The summed E-state index contributed by atoms with van der Waals surface area (Å²) in [7, 11) is 1.66. The number of aromatic nitrogens is 2. The van der Waals surface area contributed by atoms with Gasteiger partial charge < -0.3 is 5.32 Å². The number of hydrogen-bond donors (Lipinski definition) is 2. The average Bonchev–Trinajstić information content (AvgIpc) is 2.80. The number of urea groups is 1. The molecule has 2 N–H and O–H groups in total. The van der Waals surface area contributed by atoms with E-state index in [-0.39, 0.29) is 12.1 Å². The van der Waals surface area contributed by atoms with Crippen LogP contribution < -0.4 is 10.6 Å². The van der Waals surface area contributed by atoms with Crippen molar-refractivity contribution in [1.29, 1.82) is 0 Å². The Hall–Kier alpha value is -2.58. The molecule has 2 rings (SSSR count). The quantitative estimate of drug-likeness (QED) is 0.818. The number of nitrogens with zero attached hydrogens (tertiary/aromatic N) is 2. The minimum atomic E-state index is -4.58. The van der Waals surface area contributed by atoms with Crippen LogP contribution in [0.3, 0.4) is 0 Å². The first-order valence-electron chi connectivity index (χ1n) is 7.56. The summed E-state index contributed by atoms with van der Waals surface area (Å²) in [5.41, 5.74) is 0.397. The van der Waals surface area contributed by atoms with E-state index in [0.29, 0.717) is 24.4 Å². The molecule has 1 aromatic heterocycles. The Bertz CT molecular complexity index is 783. The van der Waals surface area contributed by atoms with Gasteiger partial charge in [-0.1, -0.05) is 6.92 Å². The molecule has 0 saturated heterocycles. The Labute approximate surface area is 142 Å². The van der Waals surface area contributed by atoms with Gasteiger partial charge in [0.15, 0.2) is 0 Å². The highest BCUT2D eigenvalue weighted by molar-refractivity contribution is 5.89. The molecule has 2 aromatic rings. The van der Waals surface area contributed by atoms with Gasteiger partial charge in [-0.3, -0.25) is 10.00 Å². The molecule has 1 aromatic carbocycles. The number of rotatable bonds is 4. The number of halogens is 4. The van der Waals surface area contributed by atoms with Crippen molar-refractivity contribution in [2.24, 2.45) is 7.05 Å². The van der Waals surface area contributed by atoms with Gasteiger partial charge in [0.2, 0.25) is 0 Å².